The first-order chi connectivity index (χ1) is 14.1. The molecule has 2 aliphatic heterocycles. The molecule has 0 saturated carbocycles. The summed E-state index contributed by atoms with van der Waals surface area (Å²) in [6.07, 6.45) is 6.90. The van der Waals surface area contributed by atoms with Gasteiger partial charge in [0.2, 0.25) is 0 Å². The second kappa shape index (κ2) is 8.88. The fourth-order valence-corrected chi connectivity index (χ4v) is 4.84. The van der Waals surface area contributed by atoms with Gasteiger partial charge in [0.25, 0.3) is 5.91 Å². The number of carbonyl (C=O) groups is 1. The van der Waals surface area contributed by atoms with Gasteiger partial charge in [-0.2, -0.15) is 0 Å². The van der Waals surface area contributed by atoms with Crippen molar-refractivity contribution in [1.82, 2.24) is 10.2 Å². The number of likely N-dealkylation sites (tertiary alicyclic amines) is 1. The van der Waals surface area contributed by atoms with Crippen LogP contribution in [0.25, 0.3) is 11.0 Å². The minimum atomic E-state index is -0.0961. The zero-order valence-electron chi connectivity index (χ0n) is 17.9. The first-order valence-electron chi connectivity index (χ1n) is 11.2. The number of carbonyl (C=O) groups excluding carboxylic acids is 1. The minimum Gasteiger partial charge on any atom is -0.451 e. The van der Waals surface area contributed by atoms with Crippen molar-refractivity contribution >= 4 is 16.9 Å². The van der Waals surface area contributed by atoms with Crippen LogP contribution in [0.2, 0.25) is 0 Å². The zero-order chi connectivity index (χ0) is 20.3. The molecule has 3 heterocycles. The molecule has 1 amide bonds. The number of nitrogens with one attached hydrogen (secondary N) is 1. The van der Waals surface area contributed by atoms with Crippen molar-refractivity contribution in [3.8, 4) is 0 Å². The van der Waals surface area contributed by atoms with Gasteiger partial charge in [-0.25, -0.2) is 0 Å². The second-order valence-electron chi connectivity index (χ2n) is 8.87. The molecule has 2 aliphatic rings. The van der Waals surface area contributed by atoms with Gasteiger partial charge < -0.3 is 19.4 Å². The van der Waals surface area contributed by atoms with Crippen LogP contribution in [0.1, 0.15) is 60.7 Å². The Hall–Kier alpha value is -1.85. The van der Waals surface area contributed by atoms with Gasteiger partial charge in [0.1, 0.15) is 5.58 Å². The van der Waals surface area contributed by atoms with Crippen molar-refractivity contribution in [2.75, 3.05) is 39.4 Å². The van der Waals surface area contributed by atoms with Crippen LogP contribution in [0.15, 0.2) is 22.6 Å². The van der Waals surface area contributed by atoms with Crippen LogP contribution in [0, 0.1) is 12.3 Å². The molecule has 29 heavy (non-hydrogen) atoms. The molecule has 5 heteroatoms. The molecule has 2 saturated heterocycles. The molecule has 2 fully saturated rings. The molecule has 0 aliphatic carbocycles. The Balaban J connectivity index is 1.47. The Labute approximate surface area is 173 Å². The molecule has 0 spiro atoms. The average molecular weight is 399 g/mol. The smallest absolute Gasteiger partial charge is 0.287 e. The Bertz CT molecular complexity index is 845. The van der Waals surface area contributed by atoms with Crippen LogP contribution in [0.4, 0.5) is 0 Å². The third-order valence-corrected chi connectivity index (χ3v) is 6.80. The summed E-state index contributed by atoms with van der Waals surface area (Å²) in [7, 11) is 0. The molecule has 5 nitrogen and oxygen atoms in total. The van der Waals surface area contributed by atoms with E-state index in [2.05, 4.69) is 29.3 Å². The van der Waals surface area contributed by atoms with Gasteiger partial charge in [-0.1, -0.05) is 19.4 Å². The van der Waals surface area contributed by atoms with Crippen LogP contribution in [0.5, 0.6) is 0 Å². The van der Waals surface area contributed by atoms with Gasteiger partial charge in [-0.15, -0.1) is 0 Å². The highest BCUT2D eigenvalue weighted by molar-refractivity contribution is 5.99. The van der Waals surface area contributed by atoms with Crippen molar-refractivity contribution in [1.29, 1.82) is 0 Å². The van der Waals surface area contributed by atoms with Crippen LogP contribution in [-0.4, -0.2) is 50.2 Å². The molecule has 4 rings (SSSR count). The maximum absolute atomic E-state index is 13.0. The predicted molar refractivity (Wildman–Crippen MR) is 115 cm³/mol. The molecule has 0 unspecified atom stereocenters. The van der Waals surface area contributed by atoms with E-state index in [9.17, 15) is 4.79 Å². The summed E-state index contributed by atoms with van der Waals surface area (Å²) in [6.45, 7) is 9.79. The number of hydrogen-bond donors (Lipinski definition) is 1. The topological polar surface area (TPSA) is 54.7 Å². The fourth-order valence-electron chi connectivity index (χ4n) is 4.84. The zero-order valence-corrected chi connectivity index (χ0v) is 17.9. The SMILES string of the molecule is CCc1ccc2oc(C(=O)NCC3(CN4CCCCC4)CCOCC3)c(C)c2c1. The molecule has 0 radical (unpaired) electrons. The van der Waals surface area contributed by atoms with E-state index in [-0.39, 0.29) is 11.3 Å². The van der Waals surface area contributed by atoms with E-state index in [1.54, 1.807) is 0 Å². The number of benzene rings is 1. The molecule has 2 aromatic rings. The largest absolute Gasteiger partial charge is 0.451 e. The number of hydrogen-bond acceptors (Lipinski definition) is 4. The van der Waals surface area contributed by atoms with E-state index in [0.29, 0.717) is 12.3 Å². The van der Waals surface area contributed by atoms with E-state index in [1.807, 2.05) is 13.0 Å². The summed E-state index contributed by atoms with van der Waals surface area (Å²) in [6, 6.07) is 6.19. The quantitative estimate of drug-likeness (QED) is 0.788. The van der Waals surface area contributed by atoms with Crippen molar-refractivity contribution in [3.63, 3.8) is 0 Å². The average Bonchev–Trinajstić information content (AvgIpc) is 3.09. The van der Waals surface area contributed by atoms with Crippen LogP contribution >= 0.6 is 0 Å². The number of fused-ring (bicyclic) bond motifs is 1. The van der Waals surface area contributed by atoms with Crippen LogP contribution < -0.4 is 5.32 Å². The first-order valence-corrected chi connectivity index (χ1v) is 11.2. The lowest BCUT2D eigenvalue weighted by molar-refractivity contribution is -0.00682. The lowest BCUT2D eigenvalue weighted by atomic mass is 9.79. The number of piperidine rings is 1. The van der Waals surface area contributed by atoms with Gasteiger partial charge in [0.15, 0.2) is 5.76 Å². The first kappa shape index (κ1) is 20.4. The predicted octanol–water partition coefficient (Wildman–Crippen LogP) is 4.32. The van der Waals surface area contributed by atoms with E-state index >= 15 is 0 Å². The lowest BCUT2D eigenvalue weighted by Crippen LogP contribution is -2.49. The van der Waals surface area contributed by atoms with Gasteiger partial charge >= 0.3 is 0 Å². The highest BCUT2D eigenvalue weighted by Crippen LogP contribution is 2.32. The van der Waals surface area contributed by atoms with Crippen molar-refractivity contribution in [3.05, 3.63) is 35.1 Å². The Morgan fingerprint density at radius 3 is 2.66 bits per heavy atom. The molecule has 0 bridgehead atoms. The van der Waals surface area contributed by atoms with E-state index < -0.39 is 0 Å². The molecule has 1 N–H and O–H groups in total. The Morgan fingerprint density at radius 2 is 1.93 bits per heavy atom. The molecule has 0 atom stereocenters. The standard InChI is InChI=1S/C24H34N2O3/c1-3-19-7-8-21-20(15-19)18(2)22(29-21)23(27)25-16-24(9-13-28-14-10-24)17-26-11-5-4-6-12-26/h7-8,15H,3-6,9-14,16-17H2,1-2H3,(H,25,27). The van der Waals surface area contributed by atoms with Gasteiger partial charge in [0.05, 0.1) is 0 Å². The maximum atomic E-state index is 13.0. The lowest BCUT2D eigenvalue weighted by Gasteiger charge is -2.42. The number of nitrogens with zero attached hydrogens (tertiary/aromatic N) is 1. The summed E-state index contributed by atoms with van der Waals surface area (Å²) >= 11 is 0. The van der Waals surface area contributed by atoms with Crippen molar-refractivity contribution in [2.45, 2.75) is 52.4 Å². The van der Waals surface area contributed by atoms with Crippen molar-refractivity contribution in [2.24, 2.45) is 5.41 Å². The number of aryl methyl sites for hydroxylation is 2. The Morgan fingerprint density at radius 1 is 1.17 bits per heavy atom. The van der Waals surface area contributed by atoms with Crippen LogP contribution in [-0.2, 0) is 11.2 Å². The summed E-state index contributed by atoms with van der Waals surface area (Å²) < 4.78 is 11.6. The Kier molecular flexibility index (Phi) is 6.26. The summed E-state index contributed by atoms with van der Waals surface area (Å²) in [4.78, 5) is 15.6. The molecule has 1 aromatic heterocycles. The number of rotatable bonds is 6. The maximum Gasteiger partial charge on any atom is 0.287 e. The highest BCUT2D eigenvalue weighted by Gasteiger charge is 2.35. The van der Waals surface area contributed by atoms with E-state index in [0.717, 1.165) is 55.6 Å². The normalized spacial score (nSPS) is 20.1. The molecule has 158 valence electrons. The fraction of sp³-hybridized carbons (Fsp3) is 0.625. The molecular formula is C24H34N2O3. The summed E-state index contributed by atoms with van der Waals surface area (Å²) in [5, 5.41) is 4.26. The summed E-state index contributed by atoms with van der Waals surface area (Å²) in [5.74, 6) is 0.356. The van der Waals surface area contributed by atoms with Gasteiger partial charge in [0, 0.05) is 42.7 Å². The summed E-state index contributed by atoms with van der Waals surface area (Å²) in [5.41, 5.74) is 3.08. The third-order valence-electron chi connectivity index (χ3n) is 6.80. The monoisotopic (exact) mass is 398 g/mol. The van der Waals surface area contributed by atoms with Gasteiger partial charge in [-0.05, 0) is 69.8 Å². The van der Waals surface area contributed by atoms with Crippen molar-refractivity contribution < 1.29 is 13.9 Å². The highest BCUT2D eigenvalue weighted by atomic mass is 16.5. The minimum absolute atomic E-state index is 0.0961. The van der Waals surface area contributed by atoms with Gasteiger partial charge in [-0.3, -0.25) is 4.79 Å². The van der Waals surface area contributed by atoms with E-state index in [1.165, 1.54) is 37.9 Å². The molecule has 1 aromatic carbocycles. The van der Waals surface area contributed by atoms with Crippen LogP contribution in [0.3, 0.4) is 0 Å². The third kappa shape index (κ3) is 4.51. The number of amides is 1. The number of furan rings is 1. The second-order valence-corrected chi connectivity index (χ2v) is 8.87. The molecular weight excluding hydrogens is 364 g/mol. The number of ether oxygens (including phenoxy) is 1. The van der Waals surface area contributed by atoms with E-state index in [4.69, 9.17) is 9.15 Å².